The van der Waals surface area contributed by atoms with Crippen molar-refractivity contribution >= 4 is 29.7 Å². The number of carbonyl (C=O) groups is 5. The molecule has 1 aliphatic rings. The molecule has 0 bridgehead atoms. The van der Waals surface area contributed by atoms with Gasteiger partial charge in [0.1, 0.15) is 17.6 Å². The van der Waals surface area contributed by atoms with Crippen molar-refractivity contribution in [3.8, 4) is 0 Å². The van der Waals surface area contributed by atoms with E-state index in [1.807, 2.05) is 6.07 Å². The van der Waals surface area contributed by atoms with Gasteiger partial charge in [-0.3, -0.25) is 19.4 Å². The first kappa shape index (κ1) is 33.2. The van der Waals surface area contributed by atoms with Crippen molar-refractivity contribution in [1.82, 2.24) is 20.5 Å². The highest BCUT2D eigenvalue weighted by Crippen LogP contribution is 2.20. The molecule has 3 amide bonds. The SMILES string of the molecule is CC[C@](C)(NC(=O)[C@@H](N)CCCCOC(=O)c1ccccc1)C(=O)N[C@@H](Cc1ccncc1)C(=O)N1CCC[C@@H]1C(=O)O. The molecule has 12 heteroatoms. The molecule has 12 nitrogen and oxygen atoms in total. The minimum absolute atomic E-state index is 0.123. The number of pyridine rings is 1. The van der Waals surface area contributed by atoms with Gasteiger partial charge in [-0.15, -0.1) is 0 Å². The van der Waals surface area contributed by atoms with E-state index >= 15 is 0 Å². The summed E-state index contributed by atoms with van der Waals surface area (Å²) in [5.74, 6) is -3.11. The molecule has 0 spiro atoms. The Kier molecular flexibility index (Phi) is 12.2. The summed E-state index contributed by atoms with van der Waals surface area (Å²) >= 11 is 0. The quantitative estimate of drug-likeness (QED) is 0.176. The third-order valence-corrected chi connectivity index (χ3v) is 7.71. The minimum Gasteiger partial charge on any atom is -0.480 e. The van der Waals surface area contributed by atoms with Gasteiger partial charge in [-0.1, -0.05) is 25.1 Å². The number of nitrogens with one attached hydrogen (secondary N) is 2. The van der Waals surface area contributed by atoms with E-state index in [0.717, 1.165) is 5.56 Å². The number of carboxylic acid groups (broad SMARTS) is 1. The molecule has 3 rings (SSSR count). The summed E-state index contributed by atoms with van der Waals surface area (Å²) in [5, 5.41) is 15.1. The number of unbranched alkanes of at least 4 members (excludes halogenated alkanes) is 1. The molecular weight excluding hydrogens is 554 g/mol. The van der Waals surface area contributed by atoms with E-state index in [2.05, 4.69) is 15.6 Å². The first-order chi connectivity index (χ1) is 20.6. The van der Waals surface area contributed by atoms with Gasteiger partial charge in [0.05, 0.1) is 18.2 Å². The number of hydrogen-bond acceptors (Lipinski definition) is 8. The van der Waals surface area contributed by atoms with E-state index in [1.54, 1.807) is 62.6 Å². The van der Waals surface area contributed by atoms with Gasteiger partial charge in [0.2, 0.25) is 17.7 Å². The normalized spacial score (nSPS) is 17.3. The Morgan fingerprint density at radius 1 is 1.12 bits per heavy atom. The molecule has 0 radical (unpaired) electrons. The second kappa shape index (κ2) is 15.8. The van der Waals surface area contributed by atoms with Crippen molar-refractivity contribution in [3.63, 3.8) is 0 Å². The first-order valence-corrected chi connectivity index (χ1v) is 14.6. The monoisotopic (exact) mass is 595 g/mol. The first-order valence-electron chi connectivity index (χ1n) is 14.6. The fraction of sp³-hybridized carbons (Fsp3) is 0.484. The van der Waals surface area contributed by atoms with Crippen molar-refractivity contribution in [2.24, 2.45) is 5.73 Å². The summed E-state index contributed by atoms with van der Waals surface area (Å²) in [7, 11) is 0. The molecule has 1 saturated heterocycles. The van der Waals surface area contributed by atoms with Gasteiger partial charge >= 0.3 is 11.9 Å². The van der Waals surface area contributed by atoms with Crippen LogP contribution in [-0.2, 0) is 30.3 Å². The Morgan fingerprint density at radius 2 is 1.81 bits per heavy atom. The summed E-state index contributed by atoms with van der Waals surface area (Å²) in [4.78, 5) is 69.1. The van der Waals surface area contributed by atoms with Crippen molar-refractivity contribution in [2.75, 3.05) is 13.2 Å². The number of carbonyl (C=O) groups excluding carboxylic acids is 4. The smallest absolute Gasteiger partial charge is 0.338 e. The Bertz CT molecular complexity index is 1260. The summed E-state index contributed by atoms with van der Waals surface area (Å²) in [6, 6.07) is 9.16. The lowest BCUT2D eigenvalue weighted by Gasteiger charge is -2.33. The van der Waals surface area contributed by atoms with E-state index in [-0.39, 0.29) is 26.0 Å². The van der Waals surface area contributed by atoms with E-state index in [4.69, 9.17) is 10.5 Å². The lowest BCUT2D eigenvalue weighted by molar-refractivity contribution is -0.149. The summed E-state index contributed by atoms with van der Waals surface area (Å²) in [6.45, 7) is 3.75. The van der Waals surface area contributed by atoms with Gasteiger partial charge in [0.15, 0.2) is 0 Å². The molecule has 1 aromatic heterocycles. The maximum absolute atomic E-state index is 13.6. The fourth-order valence-electron chi connectivity index (χ4n) is 4.85. The minimum atomic E-state index is -1.38. The van der Waals surface area contributed by atoms with Crippen LogP contribution in [0.3, 0.4) is 0 Å². The number of nitrogens with zero attached hydrogens (tertiary/aromatic N) is 2. The van der Waals surface area contributed by atoms with Gasteiger partial charge in [-0.2, -0.15) is 0 Å². The zero-order valence-electron chi connectivity index (χ0n) is 24.7. The molecule has 0 aliphatic carbocycles. The number of rotatable bonds is 15. The van der Waals surface area contributed by atoms with Crippen molar-refractivity contribution < 1.29 is 33.8 Å². The number of esters is 1. The zero-order chi connectivity index (χ0) is 31.4. The molecular formula is C31H41N5O7. The number of aromatic nitrogens is 1. The molecule has 1 aromatic carbocycles. The van der Waals surface area contributed by atoms with E-state index in [0.29, 0.717) is 37.7 Å². The number of hydrogen-bond donors (Lipinski definition) is 4. The molecule has 2 heterocycles. The van der Waals surface area contributed by atoms with Gasteiger partial charge in [0.25, 0.3) is 0 Å². The van der Waals surface area contributed by atoms with Gasteiger partial charge in [0, 0.05) is 25.4 Å². The number of likely N-dealkylation sites (tertiary alicyclic amines) is 1. The Morgan fingerprint density at radius 3 is 2.47 bits per heavy atom. The number of nitrogens with two attached hydrogens (primary N) is 1. The van der Waals surface area contributed by atoms with Crippen LogP contribution in [0.2, 0.25) is 0 Å². The lowest BCUT2D eigenvalue weighted by atomic mass is 9.95. The van der Waals surface area contributed by atoms with Gasteiger partial charge in [-0.25, -0.2) is 9.59 Å². The lowest BCUT2D eigenvalue weighted by Crippen LogP contribution is -2.63. The number of aliphatic carboxylic acids is 1. The van der Waals surface area contributed by atoms with Crippen LogP contribution < -0.4 is 16.4 Å². The largest absolute Gasteiger partial charge is 0.480 e. The summed E-state index contributed by atoms with van der Waals surface area (Å²) in [6.07, 6.45) is 5.71. The molecule has 1 fully saturated rings. The average Bonchev–Trinajstić information content (AvgIpc) is 3.51. The molecule has 2 aromatic rings. The maximum Gasteiger partial charge on any atom is 0.338 e. The highest BCUT2D eigenvalue weighted by molar-refractivity contribution is 5.96. The molecule has 4 atom stereocenters. The van der Waals surface area contributed by atoms with Crippen LogP contribution in [0.15, 0.2) is 54.9 Å². The highest BCUT2D eigenvalue weighted by atomic mass is 16.5. The maximum atomic E-state index is 13.6. The molecule has 1 aliphatic heterocycles. The second-order valence-corrected chi connectivity index (χ2v) is 10.9. The second-order valence-electron chi connectivity index (χ2n) is 10.9. The number of benzene rings is 1. The zero-order valence-corrected chi connectivity index (χ0v) is 24.7. The fourth-order valence-corrected chi connectivity index (χ4v) is 4.85. The number of amides is 3. The number of carboxylic acids is 1. The van der Waals surface area contributed by atoms with Crippen LogP contribution in [0.4, 0.5) is 0 Å². The van der Waals surface area contributed by atoms with E-state index < -0.39 is 53.3 Å². The Labute approximate surface area is 251 Å². The van der Waals surface area contributed by atoms with Gasteiger partial charge < -0.3 is 31.1 Å². The summed E-state index contributed by atoms with van der Waals surface area (Å²) in [5.41, 5.74) is 5.93. The molecule has 5 N–H and O–H groups in total. The third kappa shape index (κ3) is 9.34. The van der Waals surface area contributed by atoms with Crippen LogP contribution in [-0.4, -0.2) is 81.5 Å². The number of ether oxygens (including phenoxy) is 1. The molecule has 43 heavy (non-hydrogen) atoms. The van der Waals surface area contributed by atoms with Crippen molar-refractivity contribution in [2.45, 2.75) is 82.5 Å². The molecule has 0 unspecified atom stereocenters. The average molecular weight is 596 g/mol. The third-order valence-electron chi connectivity index (χ3n) is 7.71. The molecule has 0 saturated carbocycles. The van der Waals surface area contributed by atoms with E-state index in [1.165, 1.54) is 4.90 Å². The van der Waals surface area contributed by atoms with E-state index in [9.17, 15) is 29.1 Å². The highest BCUT2D eigenvalue weighted by Gasteiger charge is 2.41. The van der Waals surface area contributed by atoms with Crippen LogP contribution >= 0.6 is 0 Å². The standard InChI is InChI=1S/C31H41N5O7/c1-3-31(2,35-26(37)23(32)12-7-8-19-43-29(41)22-10-5-4-6-11-22)30(42)34-24(20-21-14-16-33-17-15-21)27(38)36-18-9-13-25(36)28(39)40/h4-6,10-11,14-17,23-25H,3,7-9,12-13,18-20,32H2,1-2H3,(H,34,42)(H,35,37)(H,39,40)/t23-,24-,25+,31-/m0/s1. The van der Waals surface area contributed by atoms with Crippen LogP contribution in [0, 0.1) is 0 Å². The predicted molar refractivity (Wildman–Crippen MR) is 158 cm³/mol. The van der Waals surface area contributed by atoms with Crippen LogP contribution in [0.1, 0.15) is 68.3 Å². The van der Waals surface area contributed by atoms with Crippen LogP contribution in [0.25, 0.3) is 0 Å². The van der Waals surface area contributed by atoms with Crippen molar-refractivity contribution in [3.05, 3.63) is 66.0 Å². The topological polar surface area (TPSA) is 181 Å². The van der Waals surface area contributed by atoms with Gasteiger partial charge in [-0.05, 0) is 75.3 Å². The Hall–Kier alpha value is -4.32. The summed E-state index contributed by atoms with van der Waals surface area (Å²) < 4.78 is 5.25. The Balaban J connectivity index is 1.57. The molecule has 232 valence electrons. The predicted octanol–water partition coefficient (Wildman–Crippen LogP) is 1.82. The van der Waals surface area contributed by atoms with Crippen LogP contribution in [0.5, 0.6) is 0 Å². The van der Waals surface area contributed by atoms with Crippen molar-refractivity contribution in [1.29, 1.82) is 0 Å².